The zero-order chi connectivity index (χ0) is 42.7. The molecule has 24 atom stereocenters. The number of ether oxygens (including phenoxy) is 8. The highest BCUT2D eigenvalue weighted by Gasteiger charge is 2.69. The first-order chi connectivity index (χ1) is 28.4. The van der Waals surface area contributed by atoms with E-state index in [0.29, 0.717) is 42.6 Å². The van der Waals surface area contributed by atoms with Gasteiger partial charge in [-0.05, 0) is 99.7 Å². The lowest BCUT2D eigenvalue weighted by atomic mass is 9.47. The Balaban J connectivity index is 0.887. The van der Waals surface area contributed by atoms with Gasteiger partial charge < -0.3 is 78.7 Å². The number of hydrogen-bond acceptors (Lipinski definition) is 16. The zero-order valence-electron chi connectivity index (χ0n) is 35.7. The van der Waals surface area contributed by atoms with E-state index in [-0.39, 0.29) is 42.2 Å². The van der Waals surface area contributed by atoms with Crippen LogP contribution in [0.15, 0.2) is 11.6 Å². The second-order valence-electron chi connectivity index (χ2n) is 20.7. The van der Waals surface area contributed by atoms with Crippen LogP contribution in [0.2, 0.25) is 0 Å². The fourth-order valence-electron chi connectivity index (χ4n) is 13.8. The van der Waals surface area contributed by atoms with Gasteiger partial charge in [0.1, 0.15) is 48.3 Å². The third-order valence-electron chi connectivity index (χ3n) is 17.4. The van der Waals surface area contributed by atoms with Crippen molar-refractivity contribution < 1.29 is 78.7 Å². The van der Waals surface area contributed by atoms with Gasteiger partial charge in [-0.2, -0.15) is 0 Å². The molecule has 8 fully saturated rings. The van der Waals surface area contributed by atoms with Gasteiger partial charge in [-0.3, -0.25) is 0 Å². The molecule has 24 unspecified atom stereocenters. The molecule has 0 aromatic carbocycles. The van der Waals surface area contributed by atoms with Crippen LogP contribution in [0.1, 0.15) is 92.4 Å². The molecule has 3 saturated carbocycles. The molecule has 8 N–H and O–H groups in total. The molecule has 4 aliphatic carbocycles. The normalized spacial score (nSPS) is 57.7. The third-order valence-corrected chi connectivity index (χ3v) is 17.4. The van der Waals surface area contributed by atoms with Crippen molar-refractivity contribution in [1.82, 2.24) is 0 Å². The van der Waals surface area contributed by atoms with Crippen molar-refractivity contribution in [3.63, 3.8) is 0 Å². The van der Waals surface area contributed by atoms with Crippen LogP contribution in [0.3, 0.4) is 0 Å². The Bertz CT molecular complexity index is 1580. The molecule has 16 heteroatoms. The predicted octanol–water partition coefficient (Wildman–Crippen LogP) is 0.855. The predicted molar refractivity (Wildman–Crippen MR) is 208 cm³/mol. The first-order valence-corrected chi connectivity index (χ1v) is 22.7. The minimum atomic E-state index is -1.94. The van der Waals surface area contributed by atoms with Gasteiger partial charge in [0.2, 0.25) is 0 Å². The Labute approximate surface area is 352 Å². The molecule has 5 heterocycles. The second-order valence-corrected chi connectivity index (χ2v) is 20.7. The van der Waals surface area contributed by atoms with E-state index in [1.165, 1.54) is 19.4 Å². The van der Waals surface area contributed by atoms with Crippen molar-refractivity contribution in [2.24, 2.45) is 46.3 Å². The molecule has 9 aliphatic rings. The molecule has 0 radical (unpaired) electrons. The molecule has 60 heavy (non-hydrogen) atoms. The fraction of sp³-hybridized carbons (Fsp3) is 0.955. The van der Waals surface area contributed by atoms with E-state index in [4.69, 9.17) is 37.9 Å². The van der Waals surface area contributed by atoms with E-state index in [1.54, 1.807) is 0 Å². The summed E-state index contributed by atoms with van der Waals surface area (Å²) in [5.74, 6) is 2.05. The van der Waals surface area contributed by atoms with Gasteiger partial charge in [-0.25, -0.2) is 0 Å². The summed E-state index contributed by atoms with van der Waals surface area (Å²) in [7, 11) is 0. The van der Waals surface area contributed by atoms with Gasteiger partial charge in [0, 0.05) is 24.9 Å². The van der Waals surface area contributed by atoms with E-state index in [0.717, 1.165) is 51.4 Å². The Morgan fingerprint density at radius 1 is 0.783 bits per heavy atom. The summed E-state index contributed by atoms with van der Waals surface area (Å²) >= 11 is 0. The van der Waals surface area contributed by atoms with Gasteiger partial charge in [0.25, 0.3) is 0 Å². The van der Waals surface area contributed by atoms with Gasteiger partial charge in [0.15, 0.2) is 24.7 Å². The summed E-state index contributed by atoms with van der Waals surface area (Å²) in [5.41, 5.74) is -0.383. The smallest absolute Gasteiger partial charge is 0.187 e. The highest BCUT2D eigenvalue weighted by molar-refractivity contribution is 5.26. The summed E-state index contributed by atoms with van der Waals surface area (Å²) in [6, 6.07) is 0. The number of hydrogen-bond donors (Lipinski definition) is 8. The van der Waals surface area contributed by atoms with E-state index in [9.17, 15) is 40.9 Å². The summed E-state index contributed by atoms with van der Waals surface area (Å²) in [4.78, 5) is 0. The Morgan fingerprint density at radius 3 is 2.17 bits per heavy atom. The SMILES string of the molecule is CC1OC(OCC2(O)COC(OC3CCC4(C)C(=CCC5C4CCC4(C)C5CC5OC6(CCC(CO)CO6)C(C)C54)C3)C2OC2OC(C)C(O)C(O)C2O)C(O)C(O)C1O. The summed E-state index contributed by atoms with van der Waals surface area (Å²) in [6.45, 7) is 10.2. The molecule has 342 valence electrons. The molecule has 0 aromatic rings. The minimum absolute atomic E-state index is 0.00553. The number of rotatable bonds is 8. The number of fused-ring (bicyclic) bond motifs is 7. The highest BCUT2D eigenvalue weighted by Crippen LogP contribution is 2.70. The molecular formula is C44H70O16. The maximum atomic E-state index is 12.1. The van der Waals surface area contributed by atoms with Crippen molar-refractivity contribution in [3.05, 3.63) is 11.6 Å². The fourth-order valence-corrected chi connectivity index (χ4v) is 13.8. The lowest BCUT2D eigenvalue weighted by Gasteiger charge is -2.58. The topological polar surface area (TPSA) is 236 Å². The Morgan fingerprint density at radius 2 is 1.48 bits per heavy atom. The van der Waals surface area contributed by atoms with Gasteiger partial charge >= 0.3 is 0 Å². The van der Waals surface area contributed by atoms with Crippen molar-refractivity contribution >= 4 is 0 Å². The minimum Gasteiger partial charge on any atom is -0.396 e. The van der Waals surface area contributed by atoms with Crippen molar-refractivity contribution in [3.8, 4) is 0 Å². The monoisotopic (exact) mass is 854 g/mol. The zero-order valence-corrected chi connectivity index (χ0v) is 35.7. The van der Waals surface area contributed by atoms with Crippen LogP contribution in [-0.2, 0) is 37.9 Å². The quantitative estimate of drug-likeness (QED) is 0.158. The third kappa shape index (κ3) is 7.10. The molecular weight excluding hydrogens is 784 g/mol. The van der Waals surface area contributed by atoms with E-state index in [2.05, 4.69) is 26.8 Å². The standard InChI is InChI=1S/C44H70O16/c1-20-30-29(60-44(20)13-8-23(16-45)17-55-44)15-28-26-7-6-24-14-25(9-11-41(24,4)27(26)10-12-42(28,30)5)58-40-37(59-39-36(51)34(49)32(47)22(3)57-39)43(52,19-54-40)18-53-38-35(50)33(48)31(46)21(2)56-38/h6,20-23,25-40,45-52H,7-19H2,1-5H3. The lowest BCUT2D eigenvalue weighted by molar-refractivity contribution is -0.336. The van der Waals surface area contributed by atoms with Gasteiger partial charge in [-0.1, -0.05) is 32.4 Å². The Kier molecular flexibility index (Phi) is 12.0. The van der Waals surface area contributed by atoms with Gasteiger partial charge in [0.05, 0.1) is 44.2 Å². The van der Waals surface area contributed by atoms with Crippen LogP contribution in [0.5, 0.6) is 0 Å². The van der Waals surface area contributed by atoms with Crippen LogP contribution < -0.4 is 0 Å². The summed E-state index contributed by atoms with van der Waals surface area (Å²) in [5, 5.41) is 84.7. The average molecular weight is 855 g/mol. The van der Waals surface area contributed by atoms with Crippen LogP contribution >= 0.6 is 0 Å². The number of allylic oxidation sites excluding steroid dienone is 1. The number of aliphatic hydroxyl groups is 8. The summed E-state index contributed by atoms with van der Waals surface area (Å²) in [6.07, 6.45) is -5.37. The molecule has 5 aliphatic heterocycles. The highest BCUT2D eigenvalue weighted by atomic mass is 16.8. The molecule has 9 rings (SSSR count). The summed E-state index contributed by atoms with van der Waals surface area (Å²) < 4.78 is 49.6. The lowest BCUT2D eigenvalue weighted by Crippen LogP contribution is -2.61. The van der Waals surface area contributed by atoms with Gasteiger partial charge in [-0.15, -0.1) is 0 Å². The number of aliphatic hydroxyl groups excluding tert-OH is 7. The average Bonchev–Trinajstić information content (AvgIpc) is 3.80. The molecule has 0 amide bonds. The van der Waals surface area contributed by atoms with Crippen LogP contribution in [0.25, 0.3) is 0 Å². The van der Waals surface area contributed by atoms with Crippen molar-refractivity contribution in [2.45, 2.75) is 190 Å². The molecule has 16 nitrogen and oxygen atoms in total. The molecule has 1 spiro atoms. The van der Waals surface area contributed by atoms with Crippen LogP contribution in [0, 0.1) is 46.3 Å². The largest absolute Gasteiger partial charge is 0.396 e. The second kappa shape index (κ2) is 16.2. The molecule has 0 bridgehead atoms. The maximum Gasteiger partial charge on any atom is 0.187 e. The molecule has 0 aromatic heterocycles. The van der Waals surface area contributed by atoms with E-state index < -0.39 is 91.8 Å². The molecule has 5 saturated heterocycles. The van der Waals surface area contributed by atoms with E-state index >= 15 is 0 Å². The van der Waals surface area contributed by atoms with Crippen molar-refractivity contribution in [2.75, 3.05) is 26.4 Å². The first-order valence-electron chi connectivity index (χ1n) is 22.7. The Hall–Kier alpha value is -0.900. The maximum absolute atomic E-state index is 12.1. The van der Waals surface area contributed by atoms with Crippen LogP contribution in [0.4, 0.5) is 0 Å². The van der Waals surface area contributed by atoms with Crippen LogP contribution in [-0.4, -0.2) is 165 Å². The first kappa shape index (κ1) is 44.3. The van der Waals surface area contributed by atoms with Crippen molar-refractivity contribution in [1.29, 1.82) is 0 Å². The van der Waals surface area contributed by atoms with E-state index in [1.807, 2.05) is 0 Å².